The molecule has 3 aromatic rings. The molecule has 1 saturated heterocycles. The number of rotatable bonds is 7. The lowest BCUT2D eigenvalue weighted by molar-refractivity contribution is -0.125. The number of amides is 1. The number of nitrogens with one attached hydrogen (secondary N) is 1. The smallest absolute Gasteiger partial charge is 0.261 e. The Morgan fingerprint density at radius 3 is 2.77 bits per heavy atom. The van der Waals surface area contributed by atoms with Gasteiger partial charge in [0, 0.05) is 44.4 Å². The maximum Gasteiger partial charge on any atom is 0.261 e. The molecule has 1 amide bonds. The number of benzene rings is 1. The van der Waals surface area contributed by atoms with E-state index in [1.165, 1.54) is 0 Å². The maximum absolute atomic E-state index is 12.3. The second-order valence-electron chi connectivity index (χ2n) is 7.21. The molecule has 1 N–H and O–H groups in total. The number of pyridine rings is 1. The van der Waals surface area contributed by atoms with Crippen molar-refractivity contribution in [1.82, 2.24) is 20.4 Å². The van der Waals surface area contributed by atoms with Gasteiger partial charge in [0.25, 0.3) is 5.89 Å². The minimum absolute atomic E-state index is 0.0124. The van der Waals surface area contributed by atoms with Crippen molar-refractivity contribution in [1.29, 1.82) is 0 Å². The molecule has 4 rings (SSSR count). The number of nitrogens with zero attached hydrogens (tertiary/aromatic N) is 4. The Morgan fingerprint density at radius 2 is 2.00 bits per heavy atom. The van der Waals surface area contributed by atoms with Crippen LogP contribution in [0.4, 0.5) is 5.82 Å². The van der Waals surface area contributed by atoms with Crippen molar-refractivity contribution >= 4 is 11.7 Å². The predicted molar refractivity (Wildman–Crippen MR) is 113 cm³/mol. The third-order valence-electron chi connectivity index (χ3n) is 5.25. The quantitative estimate of drug-likeness (QED) is 0.602. The molecule has 30 heavy (non-hydrogen) atoms. The van der Waals surface area contributed by atoms with Gasteiger partial charge in [-0.1, -0.05) is 35.5 Å². The Labute approximate surface area is 175 Å². The molecule has 0 spiro atoms. The monoisotopic (exact) mass is 407 g/mol. The molecule has 0 aliphatic carbocycles. The van der Waals surface area contributed by atoms with E-state index in [1.54, 1.807) is 13.3 Å². The topological polar surface area (TPSA) is 93.4 Å². The Morgan fingerprint density at radius 1 is 1.20 bits per heavy atom. The molecule has 0 radical (unpaired) electrons. The van der Waals surface area contributed by atoms with Gasteiger partial charge in [-0.3, -0.25) is 4.79 Å². The number of hydrogen-bond donors (Lipinski definition) is 1. The molecule has 0 atom stereocenters. The lowest BCUT2D eigenvalue weighted by Gasteiger charge is -2.32. The van der Waals surface area contributed by atoms with E-state index in [4.69, 9.17) is 9.26 Å². The highest BCUT2D eigenvalue weighted by Gasteiger charge is 2.27. The van der Waals surface area contributed by atoms with Crippen LogP contribution in [0, 0.1) is 5.92 Å². The van der Waals surface area contributed by atoms with Gasteiger partial charge >= 0.3 is 0 Å². The summed E-state index contributed by atoms with van der Waals surface area (Å²) >= 11 is 0. The van der Waals surface area contributed by atoms with Crippen LogP contribution in [0.15, 0.2) is 53.2 Å². The molecule has 1 fully saturated rings. The largest absolute Gasteiger partial charge is 0.383 e. The summed E-state index contributed by atoms with van der Waals surface area (Å²) in [7, 11) is 1.63. The minimum Gasteiger partial charge on any atom is -0.383 e. The number of carbonyl (C=O) groups is 1. The molecule has 1 aliphatic heterocycles. The van der Waals surface area contributed by atoms with Crippen LogP contribution in [0.25, 0.3) is 22.8 Å². The second kappa shape index (κ2) is 9.49. The fourth-order valence-electron chi connectivity index (χ4n) is 3.63. The standard InChI is InChI=1S/C22H25N5O3/c1-29-15-12-24-21(28)17-9-13-27(14-10-17)20-18(8-5-11-23-20)22-25-19(26-30-22)16-6-3-2-4-7-16/h2-8,11,17H,9-10,12-15H2,1H3,(H,24,28). The lowest BCUT2D eigenvalue weighted by atomic mass is 9.95. The average Bonchev–Trinajstić information content (AvgIpc) is 3.30. The number of piperidine rings is 1. The van der Waals surface area contributed by atoms with Crippen LogP contribution < -0.4 is 10.2 Å². The average molecular weight is 407 g/mol. The molecule has 1 aliphatic rings. The first-order valence-corrected chi connectivity index (χ1v) is 10.1. The van der Waals surface area contributed by atoms with Crippen molar-refractivity contribution in [3.8, 4) is 22.8 Å². The van der Waals surface area contributed by atoms with E-state index in [0.29, 0.717) is 24.9 Å². The van der Waals surface area contributed by atoms with Crippen LogP contribution in [-0.4, -0.2) is 54.4 Å². The number of anilines is 1. The molecule has 8 nitrogen and oxygen atoms in total. The molecular weight excluding hydrogens is 382 g/mol. The lowest BCUT2D eigenvalue weighted by Crippen LogP contribution is -2.41. The van der Waals surface area contributed by atoms with E-state index in [2.05, 4.69) is 25.3 Å². The Kier molecular flexibility index (Phi) is 6.34. The molecule has 0 saturated carbocycles. The highest BCUT2D eigenvalue weighted by atomic mass is 16.5. The van der Waals surface area contributed by atoms with Gasteiger partial charge < -0.3 is 19.5 Å². The van der Waals surface area contributed by atoms with Gasteiger partial charge in [0.15, 0.2) is 0 Å². The maximum atomic E-state index is 12.3. The zero-order chi connectivity index (χ0) is 20.8. The zero-order valence-corrected chi connectivity index (χ0v) is 17.0. The number of hydrogen-bond acceptors (Lipinski definition) is 7. The van der Waals surface area contributed by atoms with Gasteiger partial charge in [-0.05, 0) is 25.0 Å². The summed E-state index contributed by atoms with van der Waals surface area (Å²) in [6.07, 6.45) is 3.30. The van der Waals surface area contributed by atoms with E-state index in [-0.39, 0.29) is 11.8 Å². The van der Waals surface area contributed by atoms with Gasteiger partial charge in [0.1, 0.15) is 5.82 Å². The highest BCUT2D eigenvalue weighted by Crippen LogP contribution is 2.31. The molecule has 0 unspecified atom stereocenters. The van der Waals surface area contributed by atoms with Crippen molar-refractivity contribution in [3.63, 3.8) is 0 Å². The Hall–Kier alpha value is -3.26. The van der Waals surface area contributed by atoms with Gasteiger partial charge in [-0.15, -0.1) is 0 Å². The van der Waals surface area contributed by atoms with E-state index in [9.17, 15) is 4.79 Å². The van der Waals surface area contributed by atoms with Crippen molar-refractivity contribution in [2.45, 2.75) is 12.8 Å². The van der Waals surface area contributed by atoms with Crippen LogP contribution in [0.3, 0.4) is 0 Å². The third kappa shape index (κ3) is 4.49. The molecular formula is C22H25N5O3. The summed E-state index contributed by atoms with van der Waals surface area (Å²) in [5, 5.41) is 7.06. The van der Waals surface area contributed by atoms with Gasteiger partial charge in [0.05, 0.1) is 12.2 Å². The van der Waals surface area contributed by atoms with Crippen molar-refractivity contribution in [2.75, 3.05) is 38.3 Å². The van der Waals surface area contributed by atoms with Crippen LogP contribution in [0.5, 0.6) is 0 Å². The first kappa shape index (κ1) is 20.0. The van der Waals surface area contributed by atoms with Crippen LogP contribution >= 0.6 is 0 Å². The highest BCUT2D eigenvalue weighted by molar-refractivity contribution is 5.79. The number of carbonyl (C=O) groups excluding carboxylic acids is 1. The summed E-state index contributed by atoms with van der Waals surface area (Å²) in [5.41, 5.74) is 1.70. The van der Waals surface area contributed by atoms with E-state index >= 15 is 0 Å². The van der Waals surface area contributed by atoms with Crippen molar-refractivity contribution in [3.05, 3.63) is 48.7 Å². The van der Waals surface area contributed by atoms with Gasteiger partial charge in [-0.25, -0.2) is 4.98 Å². The summed E-state index contributed by atoms with van der Waals surface area (Å²) in [6, 6.07) is 13.5. The van der Waals surface area contributed by atoms with E-state index in [1.807, 2.05) is 42.5 Å². The van der Waals surface area contributed by atoms with E-state index in [0.717, 1.165) is 42.9 Å². The Balaban J connectivity index is 1.46. The Bertz CT molecular complexity index is 968. The first-order valence-electron chi connectivity index (χ1n) is 10.1. The van der Waals surface area contributed by atoms with Crippen molar-refractivity contribution < 1.29 is 14.1 Å². The molecule has 156 valence electrons. The van der Waals surface area contributed by atoms with Gasteiger partial charge in [-0.2, -0.15) is 4.98 Å². The number of aromatic nitrogens is 3. The van der Waals surface area contributed by atoms with Crippen molar-refractivity contribution in [2.24, 2.45) is 5.92 Å². The molecule has 3 heterocycles. The predicted octanol–water partition coefficient (Wildman–Crippen LogP) is 2.78. The summed E-state index contributed by atoms with van der Waals surface area (Å²) in [4.78, 5) is 23.6. The summed E-state index contributed by atoms with van der Waals surface area (Å²) in [6.45, 7) is 2.55. The molecule has 0 bridgehead atoms. The normalized spacial score (nSPS) is 14.6. The fraction of sp³-hybridized carbons (Fsp3) is 0.364. The summed E-state index contributed by atoms with van der Waals surface area (Å²) in [5.74, 6) is 1.90. The van der Waals surface area contributed by atoms with Crippen LogP contribution in [0.2, 0.25) is 0 Å². The SMILES string of the molecule is COCCNC(=O)C1CCN(c2ncccc2-c2nc(-c3ccccc3)no2)CC1. The number of ether oxygens (including phenoxy) is 1. The minimum atomic E-state index is 0.0124. The second-order valence-corrected chi connectivity index (χ2v) is 7.21. The third-order valence-corrected chi connectivity index (χ3v) is 5.25. The summed E-state index contributed by atoms with van der Waals surface area (Å²) < 4.78 is 10.5. The van der Waals surface area contributed by atoms with Gasteiger partial charge in [0.2, 0.25) is 11.7 Å². The first-order chi connectivity index (χ1) is 14.8. The molecule has 1 aromatic carbocycles. The molecule has 8 heteroatoms. The fourth-order valence-corrected chi connectivity index (χ4v) is 3.63. The molecule has 2 aromatic heterocycles. The van der Waals surface area contributed by atoms with Crippen LogP contribution in [-0.2, 0) is 9.53 Å². The van der Waals surface area contributed by atoms with E-state index < -0.39 is 0 Å². The zero-order valence-electron chi connectivity index (χ0n) is 17.0. The number of methoxy groups -OCH3 is 1. The van der Waals surface area contributed by atoms with Crippen LogP contribution in [0.1, 0.15) is 12.8 Å².